The van der Waals surface area contributed by atoms with E-state index in [0.29, 0.717) is 17.8 Å². The number of nitrogens with one attached hydrogen (secondary N) is 1. The van der Waals surface area contributed by atoms with E-state index in [-0.39, 0.29) is 11.3 Å². The third-order valence-electron chi connectivity index (χ3n) is 5.25. The maximum absolute atomic E-state index is 12.8. The molecule has 0 aromatic carbocycles. The van der Waals surface area contributed by atoms with Gasteiger partial charge in [0.15, 0.2) is 0 Å². The zero-order valence-electron chi connectivity index (χ0n) is 12.8. The third-order valence-corrected chi connectivity index (χ3v) is 6.42. The SMILES string of the molecule is CSC1CCCCC1NC(=O)C1(CN)CCCCCC1. The Morgan fingerprint density at radius 2 is 1.80 bits per heavy atom. The molecule has 116 valence electrons. The van der Waals surface area contributed by atoms with Crippen molar-refractivity contribution in [3.8, 4) is 0 Å². The molecular formula is C16H30N2OS. The number of nitrogens with two attached hydrogens (primary N) is 1. The minimum absolute atomic E-state index is 0.243. The number of hydrogen-bond acceptors (Lipinski definition) is 3. The van der Waals surface area contributed by atoms with E-state index in [1.54, 1.807) is 0 Å². The molecule has 0 radical (unpaired) electrons. The topological polar surface area (TPSA) is 55.1 Å². The summed E-state index contributed by atoms with van der Waals surface area (Å²) in [4.78, 5) is 12.8. The molecule has 0 spiro atoms. The number of rotatable bonds is 4. The number of amides is 1. The minimum atomic E-state index is -0.281. The standard InChI is InChI=1S/C16H30N2OS/c1-20-14-9-5-4-8-13(14)18-15(19)16(12-17)10-6-2-3-7-11-16/h13-14H,2-12,17H2,1H3,(H,18,19). The average Bonchev–Trinajstić information content (AvgIpc) is 2.74. The van der Waals surface area contributed by atoms with Crippen molar-refractivity contribution in [2.45, 2.75) is 75.5 Å². The van der Waals surface area contributed by atoms with Crippen molar-refractivity contribution in [1.29, 1.82) is 0 Å². The summed E-state index contributed by atoms with van der Waals surface area (Å²) in [5.74, 6) is 0.243. The van der Waals surface area contributed by atoms with Crippen molar-refractivity contribution in [2.24, 2.45) is 11.1 Å². The molecule has 0 saturated heterocycles. The Labute approximate surface area is 127 Å². The summed E-state index contributed by atoms with van der Waals surface area (Å²) in [5.41, 5.74) is 5.73. The van der Waals surface area contributed by atoms with Crippen LogP contribution in [0.15, 0.2) is 0 Å². The van der Waals surface area contributed by atoms with Crippen LogP contribution in [-0.2, 0) is 4.79 Å². The van der Waals surface area contributed by atoms with Crippen molar-refractivity contribution in [1.82, 2.24) is 5.32 Å². The van der Waals surface area contributed by atoms with Gasteiger partial charge in [-0.1, -0.05) is 38.5 Å². The smallest absolute Gasteiger partial charge is 0.227 e. The van der Waals surface area contributed by atoms with Gasteiger partial charge in [-0.05, 0) is 31.9 Å². The summed E-state index contributed by atoms with van der Waals surface area (Å²) >= 11 is 1.91. The van der Waals surface area contributed by atoms with Crippen molar-refractivity contribution in [3.05, 3.63) is 0 Å². The zero-order valence-corrected chi connectivity index (χ0v) is 13.6. The molecule has 2 aliphatic rings. The van der Waals surface area contributed by atoms with Gasteiger partial charge in [-0.25, -0.2) is 0 Å². The lowest BCUT2D eigenvalue weighted by atomic mass is 9.79. The molecule has 20 heavy (non-hydrogen) atoms. The molecule has 2 saturated carbocycles. The molecular weight excluding hydrogens is 268 g/mol. The van der Waals surface area contributed by atoms with Gasteiger partial charge in [0.2, 0.25) is 5.91 Å². The van der Waals surface area contributed by atoms with Crippen molar-refractivity contribution in [2.75, 3.05) is 12.8 Å². The van der Waals surface area contributed by atoms with Gasteiger partial charge < -0.3 is 11.1 Å². The number of thioether (sulfide) groups is 1. The molecule has 3 nitrogen and oxygen atoms in total. The van der Waals surface area contributed by atoms with Gasteiger partial charge in [0.1, 0.15) is 0 Å². The van der Waals surface area contributed by atoms with Crippen molar-refractivity contribution < 1.29 is 4.79 Å². The first kappa shape index (κ1) is 16.2. The van der Waals surface area contributed by atoms with E-state index in [4.69, 9.17) is 5.73 Å². The Bertz CT molecular complexity index is 314. The quantitative estimate of drug-likeness (QED) is 0.784. The predicted octanol–water partition coefficient (Wildman–Crippen LogP) is 3.08. The molecule has 2 aliphatic carbocycles. The first-order chi connectivity index (χ1) is 9.72. The molecule has 2 fully saturated rings. The van der Waals surface area contributed by atoms with Crippen LogP contribution in [0.3, 0.4) is 0 Å². The monoisotopic (exact) mass is 298 g/mol. The first-order valence-corrected chi connectivity index (χ1v) is 9.54. The summed E-state index contributed by atoms with van der Waals surface area (Å²) < 4.78 is 0. The van der Waals surface area contributed by atoms with Gasteiger partial charge in [-0.15, -0.1) is 0 Å². The van der Waals surface area contributed by atoms with E-state index in [1.165, 1.54) is 32.1 Å². The fourth-order valence-electron chi connectivity index (χ4n) is 3.79. The van der Waals surface area contributed by atoms with E-state index >= 15 is 0 Å². The Morgan fingerprint density at radius 3 is 2.40 bits per heavy atom. The van der Waals surface area contributed by atoms with E-state index in [9.17, 15) is 4.79 Å². The van der Waals surface area contributed by atoms with Crippen LogP contribution in [-0.4, -0.2) is 30.0 Å². The highest BCUT2D eigenvalue weighted by atomic mass is 32.2. The van der Waals surface area contributed by atoms with Crippen LogP contribution in [0.2, 0.25) is 0 Å². The van der Waals surface area contributed by atoms with Crippen molar-refractivity contribution in [3.63, 3.8) is 0 Å². The van der Waals surface area contributed by atoms with Gasteiger partial charge in [0.25, 0.3) is 0 Å². The van der Waals surface area contributed by atoms with Gasteiger partial charge in [-0.3, -0.25) is 4.79 Å². The van der Waals surface area contributed by atoms with Crippen LogP contribution in [0.4, 0.5) is 0 Å². The Morgan fingerprint density at radius 1 is 1.15 bits per heavy atom. The maximum Gasteiger partial charge on any atom is 0.227 e. The van der Waals surface area contributed by atoms with Gasteiger partial charge in [0, 0.05) is 17.8 Å². The third kappa shape index (κ3) is 3.70. The lowest BCUT2D eigenvalue weighted by Gasteiger charge is -2.36. The van der Waals surface area contributed by atoms with Crippen LogP contribution < -0.4 is 11.1 Å². The number of carbonyl (C=O) groups excluding carboxylic acids is 1. The average molecular weight is 298 g/mol. The Kier molecular flexibility index (Phi) is 6.21. The van der Waals surface area contributed by atoms with Gasteiger partial charge in [0.05, 0.1) is 5.41 Å². The van der Waals surface area contributed by atoms with Gasteiger partial charge >= 0.3 is 0 Å². The van der Waals surface area contributed by atoms with Crippen molar-refractivity contribution >= 4 is 17.7 Å². The first-order valence-electron chi connectivity index (χ1n) is 8.26. The Balaban J connectivity index is 2.00. The van der Waals surface area contributed by atoms with Crippen LogP contribution in [0.5, 0.6) is 0 Å². The van der Waals surface area contributed by atoms with E-state index < -0.39 is 0 Å². The number of carbonyl (C=O) groups is 1. The molecule has 2 rings (SSSR count). The predicted molar refractivity (Wildman–Crippen MR) is 86.9 cm³/mol. The lowest BCUT2D eigenvalue weighted by Crippen LogP contribution is -2.52. The molecule has 1 amide bonds. The second kappa shape index (κ2) is 7.69. The molecule has 0 bridgehead atoms. The van der Waals surface area contributed by atoms with Gasteiger partial charge in [-0.2, -0.15) is 11.8 Å². The Hall–Kier alpha value is -0.220. The molecule has 0 aromatic heterocycles. The molecule has 0 heterocycles. The highest BCUT2D eigenvalue weighted by Crippen LogP contribution is 2.35. The maximum atomic E-state index is 12.8. The molecule has 4 heteroatoms. The molecule has 2 atom stereocenters. The summed E-state index contributed by atoms with van der Waals surface area (Å²) in [5, 5.41) is 3.96. The fraction of sp³-hybridized carbons (Fsp3) is 0.938. The summed E-state index contributed by atoms with van der Waals surface area (Å²) in [7, 11) is 0. The lowest BCUT2D eigenvalue weighted by molar-refractivity contribution is -0.132. The molecule has 2 unspecified atom stereocenters. The highest BCUT2D eigenvalue weighted by Gasteiger charge is 2.39. The molecule has 3 N–H and O–H groups in total. The summed E-state index contributed by atoms with van der Waals surface area (Å²) in [6.45, 7) is 0.509. The second-order valence-corrected chi connectivity index (χ2v) is 7.61. The second-order valence-electron chi connectivity index (χ2n) is 6.54. The van der Waals surface area contributed by atoms with Crippen LogP contribution in [0, 0.1) is 5.41 Å². The summed E-state index contributed by atoms with van der Waals surface area (Å²) in [6.07, 6.45) is 13.9. The summed E-state index contributed by atoms with van der Waals surface area (Å²) in [6, 6.07) is 0.359. The van der Waals surface area contributed by atoms with E-state index in [0.717, 1.165) is 32.1 Å². The number of hydrogen-bond donors (Lipinski definition) is 2. The van der Waals surface area contributed by atoms with Crippen LogP contribution >= 0.6 is 11.8 Å². The van der Waals surface area contributed by atoms with Crippen LogP contribution in [0.1, 0.15) is 64.2 Å². The highest BCUT2D eigenvalue weighted by molar-refractivity contribution is 7.99. The fourth-order valence-corrected chi connectivity index (χ4v) is 4.73. The molecule has 0 aliphatic heterocycles. The normalized spacial score (nSPS) is 30.5. The minimum Gasteiger partial charge on any atom is -0.352 e. The van der Waals surface area contributed by atoms with E-state index in [1.807, 2.05) is 11.8 Å². The largest absolute Gasteiger partial charge is 0.352 e. The zero-order chi connectivity index (χ0) is 14.4. The van der Waals surface area contributed by atoms with Crippen LogP contribution in [0.25, 0.3) is 0 Å². The molecule has 0 aromatic rings. The van der Waals surface area contributed by atoms with E-state index in [2.05, 4.69) is 11.6 Å².